The first kappa shape index (κ1) is 39.9. The van der Waals surface area contributed by atoms with Crippen LogP contribution in [0, 0.1) is 0 Å². The number of hydrogen-bond donors (Lipinski definition) is 1. The largest absolute Gasteiger partial charge is 0.493 e. The van der Waals surface area contributed by atoms with Crippen molar-refractivity contribution in [2.45, 2.75) is 43.9 Å². The van der Waals surface area contributed by atoms with E-state index in [4.69, 9.17) is 28.4 Å². The number of methoxy groups -OCH3 is 4. The summed E-state index contributed by atoms with van der Waals surface area (Å²) in [4.78, 5) is 18.3. The Labute approximate surface area is 341 Å². The smallest absolute Gasteiger partial charge is 0.416 e. The maximum atomic E-state index is 13.7. The van der Waals surface area contributed by atoms with Gasteiger partial charge in [0.1, 0.15) is 5.75 Å². The number of nitrogens with one attached hydrogen (secondary N) is 1. The van der Waals surface area contributed by atoms with Gasteiger partial charge in [0.25, 0.3) is 5.91 Å². The fourth-order valence-corrected chi connectivity index (χ4v) is 8.46. The monoisotopic (exact) mass is 809 g/mol. The Morgan fingerprint density at radius 2 is 1.32 bits per heavy atom. The fourth-order valence-electron chi connectivity index (χ4n) is 8.46. The van der Waals surface area contributed by atoms with Crippen LogP contribution in [0.15, 0.2) is 78.9 Å². The van der Waals surface area contributed by atoms with E-state index in [0.717, 1.165) is 65.9 Å². The lowest BCUT2D eigenvalue weighted by molar-refractivity contribution is -0.137. The van der Waals surface area contributed by atoms with Gasteiger partial charge in [0.15, 0.2) is 34.5 Å². The molecule has 0 spiro atoms. The molecule has 4 aliphatic rings. The Morgan fingerprint density at radius 1 is 0.695 bits per heavy atom. The lowest BCUT2D eigenvalue weighted by Gasteiger charge is -2.37. The lowest BCUT2D eigenvalue weighted by atomic mass is 9.86. The number of benzene rings is 5. The van der Waals surface area contributed by atoms with Gasteiger partial charge < -0.3 is 33.7 Å². The van der Waals surface area contributed by atoms with Crippen LogP contribution in [0.3, 0.4) is 0 Å². The van der Waals surface area contributed by atoms with Gasteiger partial charge in [-0.2, -0.15) is 13.2 Å². The van der Waals surface area contributed by atoms with Crippen LogP contribution < -0.4 is 33.7 Å². The maximum Gasteiger partial charge on any atom is 0.416 e. The number of ether oxygens (including phenoxy) is 6. The molecule has 4 heterocycles. The van der Waals surface area contributed by atoms with Crippen LogP contribution in [0.4, 0.5) is 18.9 Å². The van der Waals surface area contributed by atoms with E-state index in [9.17, 15) is 18.0 Å². The zero-order valence-corrected chi connectivity index (χ0v) is 33.8. The molecule has 0 saturated carbocycles. The normalized spacial score (nSPS) is 17.7. The van der Waals surface area contributed by atoms with Gasteiger partial charge in [0.2, 0.25) is 5.75 Å². The van der Waals surface area contributed by atoms with E-state index in [-0.39, 0.29) is 17.6 Å². The summed E-state index contributed by atoms with van der Waals surface area (Å²) in [6.45, 7) is 1.58. The van der Waals surface area contributed by atoms with Crippen LogP contribution in [0.25, 0.3) is 0 Å². The minimum absolute atomic E-state index is 0.0600. The predicted octanol–water partition coefficient (Wildman–Crippen LogP) is 9.43. The third-order valence-corrected chi connectivity index (χ3v) is 11.7. The first-order valence-electron chi connectivity index (χ1n) is 19.4. The number of nitrogens with zero attached hydrogens (tertiary/aromatic N) is 2. The molecule has 0 radical (unpaired) electrons. The van der Waals surface area contributed by atoms with Gasteiger partial charge in [-0.3, -0.25) is 14.6 Å². The summed E-state index contributed by atoms with van der Waals surface area (Å²) in [6, 6.07) is 21.5. The maximum absolute atomic E-state index is 13.7. The van der Waals surface area contributed by atoms with Crippen molar-refractivity contribution in [2.75, 3.05) is 60.9 Å². The summed E-state index contributed by atoms with van der Waals surface area (Å²) in [7, 11) is 10.5. The third-order valence-electron chi connectivity index (χ3n) is 11.7. The average molecular weight is 810 g/mol. The van der Waals surface area contributed by atoms with E-state index >= 15 is 0 Å². The summed E-state index contributed by atoms with van der Waals surface area (Å²) in [5, 5.41) is 2.96. The summed E-state index contributed by atoms with van der Waals surface area (Å²) < 4.78 is 77.5. The second-order valence-electron chi connectivity index (χ2n) is 15.2. The second kappa shape index (κ2) is 16.0. The quantitative estimate of drug-likeness (QED) is 0.180. The molecule has 5 aromatic carbocycles. The van der Waals surface area contributed by atoms with Gasteiger partial charge in [0.05, 0.1) is 34.0 Å². The summed E-state index contributed by atoms with van der Waals surface area (Å²) in [5.74, 6) is 3.33. The van der Waals surface area contributed by atoms with Crippen molar-refractivity contribution in [2.24, 2.45) is 0 Å². The van der Waals surface area contributed by atoms with Gasteiger partial charge in [-0.15, -0.1) is 0 Å². The van der Waals surface area contributed by atoms with Crippen LogP contribution in [-0.4, -0.2) is 71.3 Å². The van der Waals surface area contributed by atoms with Crippen molar-refractivity contribution in [3.63, 3.8) is 0 Å². The number of fused-ring (bicyclic) bond motifs is 2. The van der Waals surface area contributed by atoms with Gasteiger partial charge >= 0.3 is 6.18 Å². The molecule has 59 heavy (non-hydrogen) atoms. The molecule has 9 rings (SSSR count). The molecule has 0 aliphatic carbocycles. The van der Waals surface area contributed by atoms with E-state index in [1.165, 1.54) is 12.7 Å². The number of rotatable bonds is 6. The molecule has 13 heteroatoms. The minimum atomic E-state index is -4.54. The molecule has 0 fully saturated rings. The van der Waals surface area contributed by atoms with E-state index < -0.39 is 17.6 Å². The van der Waals surface area contributed by atoms with Crippen LogP contribution in [0.2, 0.25) is 0 Å². The number of alkyl halides is 3. The first-order valence-corrected chi connectivity index (χ1v) is 19.4. The standard InChI is InChI=1S/C46H46F3N3O7/c1-51-17-15-28-21-37(54-3)40-24-33(28)35(51)19-26-7-13-32(14-8-26)58-39-23-30(20-36-42-29(16-18-52(36)2)22-41(56-5)43(57-6)44(42)59-40)34(25-38(39)55-4)50-45(53)27-9-11-31(12-10-27)46(47,48)49/h7-14,21-25,35-36H,15-20H2,1-6H3,(H,50,53)/t35-,36-/m0/s1. The molecule has 5 aromatic rings. The highest BCUT2D eigenvalue weighted by Gasteiger charge is 2.36. The molecule has 2 atom stereocenters. The fraction of sp³-hybridized carbons (Fsp3) is 0.326. The number of amides is 1. The first-order chi connectivity index (χ1) is 28.4. The van der Waals surface area contributed by atoms with Crippen molar-refractivity contribution in [1.29, 1.82) is 0 Å². The molecule has 0 unspecified atom stereocenters. The van der Waals surface area contributed by atoms with Crippen LogP contribution in [0.5, 0.6) is 46.0 Å². The molecule has 6 bridgehead atoms. The third kappa shape index (κ3) is 7.72. The number of hydrogen-bond acceptors (Lipinski definition) is 9. The molecule has 4 aliphatic heterocycles. The number of halogens is 3. The summed E-state index contributed by atoms with van der Waals surface area (Å²) in [6.07, 6.45) is -1.91. The van der Waals surface area contributed by atoms with Crippen LogP contribution >= 0.6 is 0 Å². The van der Waals surface area contributed by atoms with Crippen LogP contribution in [-0.2, 0) is 31.9 Å². The zero-order chi connectivity index (χ0) is 41.6. The Hall–Kier alpha value is -5.92. The van der Waals surface area contributed by atoms with Gasteiger partial charge in [-0.05, 0) is 128 Å². The van der Waals surface area contributed by atoms with E-state index in [0.29, 0.717) is 76.6 Å². The average Bonchev–Trinajstić information content (AvgIpc) is 3.23. The van der Waals surface area contributed by atoms with Crippen molar-refractivity contribution in [3.05, 3.63) is 123 Å². The van der Waals surface area contributed by atoms with Crippen molar-refractivity contribution < 1.29 is 46.4 Å². The number of carbonyl (C=O) groups is 1. The van der Waals surface area contributed by atoms with Gasteiger partial charge in [0, 0.05) is 48.1 Å². The van der Waals surface area contributed by atoms with Crippen molar-refractivity contribution in [1.82, 2.24) is 9.80 Å². The molecule has 0 aromatic heterocycles. The van der Waals surface area contributed by atoms with E-state index in [1.807, 2.05) is 31.3 Å². The molecule has 10 nitrogen and oxygen atoms in total. The van der Waals surface area contributed by atoms with Gasteiger partial charge in [-0.25, -0.2) is 0 Å². The Kier molecular flexibility index (Phi) is 10.8. The Balaban J connectivity index is 1.32. The van der Waals surface area contributed by atoms with Crippen molar-refractivity contribution >= 4 is 11.6 Å². The lowest BCUT2D eigenvalue weighted by Crippen LogP contribution is -2.34. The van der Waals surface area contributed by atoms with Crippen molar-refractivity contribution in [3.8, 4) is 46.0 Å². The van der Waals surface area contributed by atoms with E-state index in [1.54, 1.807) is 27.4 Å². The molecule has 1 N–H and O–H groups in total. The zero-order valence-electron chi connectivity index (χ0n) is 33.8. The SMILES string of the molecule is COc1cc(NC(=O)c2ccc(C(F)(F)F)cc2)c2cc1Oc1ccc(cc1)C[C@H]1c3cc(c(OC)cc3CCN1C)Oc1c(OC)c(OC)cc3c1[C@H](C2)N(C)CC3. The highest BCUT2D eigenvalue weighted by Crippen LogP contribution is 2.52. The summed E-state index contributed by atoms with van der Waals surface area (Å²) >= 11 is 0. The van der Waals surface area contributed by atoms with E-state index in [2.05, 4.69) is 46.4 Å². The molecule has 1 amide bonds. The Bertz CT molecular complexity index is 2380. The highest BCUT2D eigenvalue weighted by atomic mass is 19.4. The topological polar surface area (TPSA) is 91.0 Å². The number of likely N-dealkylation sites (N-methyl/N-ethyl adjacent to an activating group) is 2. The number of carbonyl (C=O) groups excluding carboxylic acids is 1. The summed E-state index contributed by atoms with van der Waals surface area (Å²) in [5.41, 5.74) is 5.63. The number of anilines is 1. The van der Waals surface area contributed by atoms with Crippen LogP contribution in [0.1, 0.15) is 61.4 Å². The molecular formula is C46H46F3N3O7. The minimum Gasteiger partial charge on any atom is -0.493 e. The van der Waals surface area contributed by atoms with Gasteiger partial charge in [-0.1, -0.05) is 12.1 Å². The molecular weight excluding hydrogens is 764 g/mol. The second-order valence-corrected chi connectivity index (χ2v) is 15.2. The molecule has 0 saturated heterocycles. The predicted molar refractivity (Wildman–Crippen MR) is 217 cm³/mol. The highest BCUT2D eigenvalue weighted by molar-refractivity contribution is 6.05. The molecule has 308 valence electrons. The Morgan fingerprint density at radius 3 is 1.98 bits per heavy atom.